The lowest BCUT2D eigenvalue weighted by Gasteiger charge is -2.29. The van der Waals surface area contributed by atoms with E-state index < -0.39 is 29.5 Å². The van der Waals surface area contributed by atoms with Crippen LogP contribution < -0.4 is 16.2 Å². The Labute approximate surface area is 200 Å². The van der Waals surface area contributed by atoms with Crippen LogP contribution in [0.15, 0.2) is 35.3 Å². The number of halogens is 4. The summed E-state index contributed by atoms with van der Waals surface area (Å²) in [5, 5.41) is 6.00. The molecular weight excluding hydrogens is 464 g/mol. The zero-order chi connectivity index (χ0) is 25.1. The Morgan fingerprint density at radius 2 is 1.86 bits per heavy atom. The maximum absolute atomic E-state index is 14.6. The average Bonchev–Trinajstić information content (AvgIpc) is 3.18. The van der Waals surface area contributed by atoms with E-state index in [1.165, 1.54) is 25.3 Å². The number of nitrogens with zero attached hydrogens (tertiary/aromatic N) is 2. The third kappa shape index (κ3) is 4.44. The molecule has 1 aromatic heterocycles. The summed E-state index contributed by atoms with van der Waals surface area (Å²) in [6.07, 6.45) is -0.611. The van der Waals surface area contributed by atoms with Crippen molar-refractivity contribution in [1.82, 2.24) is 14.8 Å². The molecule has 0 radical (unpaired) electrons. The van der Waals surface area contributed by atoms with Gasteiger partial charge in [-0.15, -0.1) is 0 Å². The van der Waals surface area contributed by atoms with E-state index in [-0.39, 0.29) is 28.8 Å². The Kier molecular flexibility index (Phi) is 5.89. The molecule has 6 nitrogen and oxygen atoms in total. The summed E-state index contributed by atoms with van der Waals surface area (Å²) in [6, 6.07) is 3.62. The highest BCUT2D eigenvalue weighted by Crippen LogP contribution is 2.47. The normalized spacial score (nSPS) is 25.0. The molecular formula is C25H28F4N4O2. The molecule has 1 aliphatic heterocycles. The first-order valence-corrected chi connectivity index (χ1v) is 11.9. The third-order valence-electron chi connectivity index (χ3n) is 7.64. The number of hydrogen-bond donors (Lipinski definition) is 2. The number of pyridine rings is 1. The van der Waals surface area contributed by atoms with Gasteiger partial charge in [-0.25, -0.2) is 4.39 Å². The molecule has 2 aliphatic carbocycles. The molecule has 2 N–H and O–H groups in total. The van der Waals surface area contributed by atoms with Gasteiger partial charge in [-0.2, -0.15) is 13.2 Å². The van der Waals surface area contributed by atoms with Crippen molar-refractivity contribution in [3.8, 4) is 0 Å². The van der Waals surface area contributed by atoms with Gasteiger partial charge in [-0.05, 0) is 51.1 Å². The monoisotopic (exact) mass is 492 g/mol. The van der Waals surface area contributed by atoms with E-state index in [2.05, 4.69) is 22.6 Å². The number of fused-ring (bicyclic) bond motifs is 1. The SMILES string of the molecule is C[C@@H](NC(=O)c1cn(C2CCC2)c(=O)cc1N[C@H]1[C@@H]2CN(C)C[C@@H]21)c1cccc(C(F)(F)F)c1F. The van der Waals surface area contributed by atoms with Crippen LogP contribution in [-0.4, -0.2) is 41.6 Å². The molecule has 1 amide bonds. The number of carbonyl (C=O) groups excluding carboxylic acids is 1. The van der Waals surface area contributed by atoms with Gasteiger partial charge < -0.3 is 20.1 Å². The van der Waals surface area contributed by atoms with E-state index in [1.807, 2.05) is 0 Å². The van der Waals surface area contributed by atoms with Crippen LogP contribution in [-0.2, 0) is 6.18 Å². The van der Waals surface area contributed by atoms with Crippen LogP contribution in [0.2, 0.25) is 0 Å². The Morgan fingerprint density at radius 1 is 1.17 bits per heavy atom. The molecule has 1 saturated heterocycles. The van der Waals surface area contributed by atoms with E-state index >= 15 is 0 Å². The van der Waals surface area contributed by atoms with Gasteiger partial charge in [0.25, 0.3) is 11.5 Å². The average molecular weight is 493 g/mol. The Morgan fingerprint density at radius 3 is 2.46 bits per heavy atom. The highest BCUT2D eigenvalue weighted by Gasteiger charge is 2.55. The van der Waals surface area contributed by atoms with Gasteiger partial charge in [0.15, 0.2) is 0 Å². The quantitative estimate of drug-likeness (QED) is 0.594. The van der Waals surface area contributed by atoms with E-state index in [4.69, 9.17) is 0 Å². The second-order valence-electron chi connectivity index (χ2n) is 10.1. The zero-order valence-electron chi connectivity index (χ0n) is 19.5. The van der Waals surface area contributed by atoms with E-state index in [9.17, 15) is 27.2 Å². The summed E-state index contributed by atoms with van der Waals surface area (Å²) in [4.78, 5) is 28.3. The molecule has 2 heterocycles. The van der Waals surface area contributed by atoms with Crippen molar-refractivity contribution in [3.05, 3.63) is 63.3 Å². The minimum Gasteiger partial charge on any atom is -0.381 e. The molecule has 2 saturated carbocycles. The predicted octanol–water partition coefficient (Wildman–Crippen LogP) is 4.19. The van der Waals surface area contributed by atoms with Crippen molar-refractivity contribution in [2.75, 3.05) is 25.5 Å². The van der Waals surface area contributed by atoms with Crippen LogP contribution in [0.1, 0.15) is 59.8 Å². The topological polar surface area (TPSA) is 66.4 Å². The highest BCUT2D eigenvalue weighted by molar-refractivity contribution is 5.99. The summed E-state index contributed by atoms with van der Waals surface area (Å²) in [7, 11) is 2.05. The standard InChI is InChI=1S/C25H28F4N4O2/c1-13(15-7-4-8-19(22(15)26)25(27,28)29)30-24(35)18-12-33(14-5-3-6-14)21(34)9-20(18)31-23-16-10-32(2)11-17(16)23/h4,7-9,12-14,16-17,23,31H,3,5-6,10-11H2,1-2H3,(H,30,35)/t13-,16-,17+,23+/m1/s1. The number of carbonyl (C=O) groups is 1. The van der Waals surface area contributed by atoms with Crippen LogP contribution in [0, 0.1) is 17.7 Å². The summed E-state index contributed by atoms with van der Waals surface area (Å²) < 4.78 is 55.6. The zero-order valence-corrected chi connectivity index (χ0v) is 19.5. The summed E-state index contributed by atoms with van der Waals surface area (Å²) in [6.45, 7) is 3.32. The molecule has 2 aromatic rings. The first-order valence-electron chi connectivity index (χ1n) is 11.9. The van der Waals surface area contributed by atoms with Crippen LogP contribution in [0.5, 0.6) is 0 Å². The Hall–Kier alpha value is -2.88. The number of benzene rings is 1. The molecule has 0 bridgehead atoms. The van der Waals surface area contributed by atoms with Gasteiger partial charge >= 0.3 is 6.18 Å². The molecule has 1 aromatic carbocycles. The third-order valence-corrected chi connectivity index (χ3v) is 7.64. The van der Waals surface area contributed by atoms with Crippen molar-refractivity contribution in [2.24, 2.45) is 11.8 Å². The fraction of sp³-hybridized carbons (Fsp3) is 0.520. The number of anilines is 1. The molecule has 3 aliphatic rings. The smallest absolute Gasteiger partial charge is 0.381 e. The van der Waals surface area contributed by atoms with Crippen molar-refractivity contribution in [1.29, 1.82) is 0 Å². The van der Waals surface area contributed by atoms with Gasteiger partial charge in [0, 0.05) is 43.0 Å². The fourth-order valence-corrected chi connectivity index (χ4v) is 5.38. The van der Waals surface area contributed by atoms with Gasteiger partial charge in [-0.1, -0.05) is 12.1 Å². The minimum atomic E-state index is -4.84. The number of hydrogen-bond acceptors (Lipinski definition) is 4. The van der Waals surface area contributed by atoms with E-state index in [1.54, 1.807) is 4.57 Å². The van der Waals surface area contributed by atoms with Gasteiger partial charge in [0.05, 0.1) is 22.9 Å². The molecule has 10 heteroatoms. The lowest BCUT2D eigenvalue weighted by Crippen LogP contribution is -2.34. The molecule has 188 valence electrons. The molecule has 0 spiro atoms. The van der Waals surface area contributed by atoms with Gasteiger partial charge in [-0.3, -0.25) is 9.59 Å². The second-order valence-corrected chi connectivity index (χ2v) is 10.1. The maximum Gasteiger partial charge on any atom is 0.419 e. The number of alkyl halides is 3. The Balaban J connectivity index is 1.42. The van der Waals surface area contributed by atoms with Crippen molar-refractivity contribution in [2.45, 2.75) is 50.5 Å². The lowest BCUT2D eigenvalue weighted by atomic mass is 9.92. The lowest BCUT2D eigenvalue weighted by molar-refractivity contribution is -0.140. The molecule has 5 rings (SSSR count). The van der Waals surface area contributed by atoms with Crippen LogP contribution in [0.25, 0.3) is 0 Å². The number of aromatic nitrogens is 1. The first kappa shape index (κ1) is 23.8. The summed E-state index contributed by atoms with van der Waals surface area (Å²) in [5.74, 6) is -1.08. The van der Waals surface area contributed by atoms with Crippen LogP contribution >= 0.6 is 0 Å². The summed E-state index contributed by atoms with van der Waals surface area (Å²) in [5.41, 5.74) is -1.19. The predicted molar refractivity (Wildman–Crippen MR) is 123 cm³/mol. The van der Waals surface area contributed by atoms with Crippen molar-refractivity contribution < 1.29 is 22.4 Å². The molecule has 3 fully saturated rings. The van der Waals surface area contributed by atoms with Crippen molar-refractivity contribution >= 4 is 11.6 Å². The molecule has 0 unspecified atom stereocenters. The summed E-state index contributed by atoms with van der Waals surface area (Å²) >= 11 is 0. The van der Waals surface area contributed by atoms with Gasteiger partial charge in [0.2, 0.25) is 0 Å². The largest absolute Gasteiger partial charge is 0.419 e. The number of piperidine rings is 1. The number of amides is 1. The van der Waals surface area contributed by atoms with Crippen molar-refractivity contribution in [3.63, 3.8) is 0 Å². The number of rotatable bonds is 6. The second kappa shape index (κ2) is 8.65. The minimum absolute atomic E-state index is 0.0235. The van der Waals surface area contributed by atoms with Crippen LogP contribution in [0.4, 0.5) is 23.2 Å². The molecule has 4 atom stereocenters. The Bertz CT molecular complexity index is 1190. The molecule has 35 heavy (non-hydrogen) atoms. The maximum atomic E-state index is 14.6. The highest BCUT2D eigenvalue weighted by atomic mass is 19.4. The first-order chi connectivity index (χ1) is 16.5. The number of likely N-dealkylation sites (tertiary alicyclic amines) is 1. The fourth-order valence-electron chi connectivity index (χ4n) is 5.38. The number of nitrogens with one attached hydrogen (secondary N) is 2. The van der Waals surface area contributed by atoms with Crippen LogP contribution in [0.3, 0.4) is 0 Å². The van der Waals surface area contributed by atoms with E-state index in [0.29, 0.717) is 23.6 Å². The van der Waals surface area contributed by atoms with Gasteiger partial charge in [0.1, 0.15) is 5.82 Å². The van der Waals surface area contributed by atoms with E-state index in [0.717, 1.165) is 38.4 Å².